The molecular weight excluding hydrogens is 272 g/mol. The van der Waals surface area contributed by atoms with Gasteiger partial charge >= 0.3 is 15.9 Å². The Kier molecular flexibility index (Phi) is 3.36. The van der Waals surface area contributed by atoms with Crippen molar-refractivity contribution in [2.24, 2.45) is 0 Å². The fourth-order valence-corrected chi connectivity index (χ4v) is 1.89. The van der Waals surface area contributed by atoms with Gasteiger partial charge in [-0.2, -0.15) is 17.4 Å². The highest BCUT2D eigenvalue weighted by atomic mass is 32.2. The Balaban J connectivity index is 2.25. The summed E-state index contributed by atoms with van der Waals surface area (Å²) in [6.07, 6.45) is 0. The molecule has 19 heavy (non-hydrogen) atoms. The molecule has 0 radical (unpaired) electrons. The molecule has 0 bridgehead atoms. The first kappa shape index (κ1) is 13.2. The van der Waals surface area contributed by atoms with E-state index in [1.807, 2.05) is 0 Å². The number of nitrogens with zero attached hydrogens (tertiary/aromatic N) is 4. The number of hydrogen-bond acceptors (Lipinski definition) is 5. The van der Waals surface area contributed by atoms with Crippen LogP contribution in [-0.4, -0.2) is 47.0 Å². The SMILES string of the molecule is CN(C)S(=O)(=O)Nc1ccc(-n2nn[nH]c2=O)cc1. The van der Waals surface area contributed by atoms with Crippen molar-refractivity contribution >= 4 is 15.9 Å². The third-order valence-corrected chi connectivity index (χ3v) is 3.77. The summed E-state index contributed by atoms with van der Waals surface area (Å²) in [6, 6.07) is 6.16. The maximum atomic E-state index is 11.6. The summed E-state index contributed by atoms with van der Waals surface area (Å²) in [5, 5.41) is 9.09. The standard InChI is InChI=1S/C9H12N6O3S/c1-14(2)19(17,18)11-7-3-5-8(6-4-7)15-9(16)10-12-13-15/h3-6,11H,1-2H3,(H,10,13,16). The van der Waals surface area contributed by atoms with Crippen LogP contribution in [0.1, 0.15) is 0 Å². The molecule has 1 heterocycles. The number of tetrazole rings is 1. The predicted octanol–water partition coefficient (Wildman–Crippen LogP) is -0.826. The molecule has 0 fully saturated rings. The highest BCUT2D eigenvalue weighted by molar-refractivity contribution is 7.90. The number of anilines is 1. The van der Waals surface area contributed by atoms with Crippen LogP contribution in [0.25, 0.3) is 5.69 Å². The highest BCUT2D eigenvalue weighted by Gasteiger charge is 2.12. The Hall–Kier alpha value is -2.20. The lowest BCUT2D eigenvalue weighted by atomic mass is 10.3. The van der Waals surface area contributed by atoms with Crippen molar-refractivity contribution in [1.82, 2.24) is 24.5 Å². The fourth-order valence-electron chi connectivity index (χ4n) is 1.28. The number of aromatic amines is 1. The molecule has 2 rings (SSSR count). The summed E-state index contributed by atoms with van der Waals surface area (Å²) < 4.78 is 27.7. The molecule has 1 aromatic carbocycles. The number of H-pyrrole nitrogens is 1. The van der Waals surface area contributed by atoms with Gasteiger partial charge in [0.05, 0.1) is 5.69 Å². The minimum atomic E-state index is -3.55. The van der Waals surface area contributed by atoms with E-state index in [1.54, 1.807) is 12.1 Å². The molecule has 2 aromatic rings. The molecule has 0 unspecified atom stereocenters. The van der Waals surface area contributed by atoms with Crippen LogP contribution < -0.4 is 10.4 Å². The average Bonchev–Trinajstić information content (AvgIpc) is 2.76. The summed E-state index contributed by atoms with van der Waals surface area (Å²) in [5.74, 6) is 0. The summed E-state index contributed by atoms with van der Waals surface area (Å²) in [5.41, 5.74) is 0.391. The zero-order chi connectivity index (χ0) is 14.0. The van der Waals surface area contributed by atoms with Gasteiger partial charge in [0.1, 0.15) is 0 Å². The number of aromatic nitrogens is 4. The van der Waals surface area contributed by atoms with Gasteiger partial charge in [0, 0.05) is 19.8 Å². The van der Waals surface area contributed by atoms with Crippen LogP contribution in [0.4, 0.5) is 5.69 Å². The van der Waals surface area contributed by atoms with Crippen molar-refractivity contribution in [3.05, 3.63) is 34.7 Å². The average molecular weight is 284 g/mol. The van der Waals surface area contributed by atoms with Crippen molar-refractivity contribution in [2.45, 2.75) is 0 Å². The molecule has 0 aliphatic rings. The summed E-state index contributed by atoms with van der Waals surface area (Å²) in [7, 11) is -0.701. The van der Waals surface area contributed by atoms with Gasteiger partial charge in [0.15, 0.2) is 0 Å². The molecule has 10 heteroatoms. The first-order valence-corrected chi connectivity index (χ1v) is 6.65. The molecule has 0 aliphatic carbocycles. The largest absolute Gasteiger partial charge is 0.365 e. The number of benzene rings is 1. The van der Waals surface area contributed by atoms with E-state index in [0.717, 1.165) is 8.99 Å². The molecule has 0 spiro atoms. The third kappa shape index (κ3) is 2.80. The molecule has 2 N–H and O–H groups in total. The van der Waals surface area contributed by atoms with Gasteiger partial charge in [0.2, 0.25) is 0 Å². The molecule has 102 valence electrons. The lowest BCUT2D eigenvalue weighted by molar-refractivity contribution is 0.527. The summed E-state index contributed by atoms with van der Waals surface area (Å²) in [6.45, 7) is 0. The van der Waals surface area contributed by atoms with Crippen LogP contribution >= 0.6 is 0 Å². The van der Waals surface area contributed by atoms with E-state index >= 15 is 0 Å². The lowest BCUT2D eigenvalue weighted by Crippen LogP contribution is -2.28. The van der Waals surface area contributed by atoms with Gasteiger partial charge in [-0.05, 0) is 34.7 Å². The van der Waals surface area contributed by atoms with Gasteiger partial charge in [-0.1, -0.05) is 0 Å². The van der Waals surface area contributed by atoms with Crippen molar-refractivity contribution in [2.75, 3.05) is 18.8 Å². The Labute approximate surface area is 109 Å². The van der Waals surface area contributed by atoms with Gasteiger partial charge in [-0.15, -0.1) is 0 Å². The van der Waals surface area contributed by atoms with Crippen LogP contribution in [-0.2, 0) is 10.2 Å². The van der Waals surface area contributed by atoms with Crippen LogP contribution in [0.15, 0.2) is 29.1 Å². The topological polar surface area (TPSA) is 113 Å². The van der Waals surface area contributed by atoms with E-state index in [-0.39, 0.29) is 0 Å². The van der Waals surface area contributed by atoms with Gasteiger partial charge in [-0.3, -0.25) is 4.72 Å². The van der Waals surface area contributed by atoms with Crippen molar-refractivity contribution in [1.29, 1.82) is 0 Å². The van der Waals surface area contributed by atoms with E-state index < -0.39 is 15.9 Å². The molecule has 0 saturated heterocycles. The maximum Gasteiger partial charge on any atom is 0.365 e. The van der Waals surface area contributed by atoms with Crippen LogP contribution in [0.5, 0.6) is 0 Å². The minimum Gasteiger partial charge on any atom is -0.271 e. The van der Waals surface area contributed by atoms with Crippen LogP contribution in [0.2, 0.25) is 0 Å². The third-order valence-electron chi connectivity index (χ3n) is 2.31. The van der Waals surface area contributed by atoms with Crippen molar-refractivity contribution in [3.63, 3.8) is 0 Å². The van der Waals surface area contributed by atoms with Crippen LogP contribution in [0.3, 0.4) is 0 Å². The Morgan fingerprint density at radius 2 is 1.89 bits per heavy atom. The molecule has 0 saturated carbocycles. The smallest absolute Gasteiger partial charge is 0.271 e. The van der Waals surface area contributed by atoms with E-state index in [4.69, 9.17) is 0 Å². The molecule has 9 nitrogen and oxygen atoms in total. The zero-order valence-electron chi connectivity index (χ0n) is 10.2. The Bertz CT molecular complexity index is 715. The number of hydrogen-bond donors (Lipinski definition) is 2. The molecule has 0 aliphatic heterocycles. The predicted molar refractivity (Wildman–Crippen MR) is 68.2 cm³/mol. The van der Waals surface area contributed by atoms with E-state index in [2.05, 4.69) is 20.2 Å². The summed E-state index contributed by atoms with van der Waals surface area (Å²) in [4.78, 5) is 11.3. The van der Waals surface area contributed by atoms with Crippen molar-refractivity contribution in [3.8, 4) is 5.69 Å². The lowest BCUT2D eigenvalue weighted by Gasteiger charge is -2.13. The second-order valence-electron chi connectivity index (χ2n) is 3.85. The van der Waals surface area contributed by atoms with Gasteiger partial charge in [0.25, 0.3) is 0 Å². The van der Waals surface area contributed by atoms with Crippen LogP contribution in [0, 0.1) is 0 Å². The first-order valence-electron chi connectivity index (χ1n) is 5.21. The van der Waals surface area contributed by atoms with E-state index in [1.165, 1.54) is 26.2 Å². The van der Waals surface area contributed by atoms with Crippen molar-refractivity contribution < 1.29 is 8.42 Å². The molecule has 0 amide bonds. The van der Waals surface area contributed by atoms with Gasteiger partial charge < -0.3 is 0 Å². The number of rotatable bonds is 4. The maximum absolute atomic E-state index is 11.6. The van der Waals surface area contributed by atoms with Gasteiger partial charge in [-0.25, -0.2) is 9.89 Å². The number of nitrogens with one attached hydrogen (secondary N) is 2. The first-order chi connectivity index (χ1) is 8.90. The second kappa shape index (κ2) is 4.82. The normalized spacial score (nSPS) is 11.7. The van der Waals surface area contributed by atoms with E-state index in [9.17, 15) is 13.2 Å². The summed E-state index contributed by atoms with van der Waals surface area (Å²) >= 11 is 0. The zero-order valence-corrected chi connectivity index (χ0v) is 11.0. The highest BCUT2D eigenvalue weighted by Crippen LogP contribution is 2.13. The Morgan fingerprint density at radius 3 is 2.37 bits per heavy atom. The second-order valence-corrected chi connectivity index (χ2v) is 5.74. The molecule has 0 atom stereocenters. The monoisotopic (exact) mass is 284 g/mol. The molecule has 1 aromatic heterocycles. The van der Waals surface area contributed by atoms with E-state index in [0.29, 0.717) is 11.4 Å². The molecular formula is C9H12N6O3S. The minimum absolute atomic E-state index is 0.383. The Morgan fingerprint density at radius 1 is 1.26 bits per heavy atom. The quantitative estimate of drug-likeness (QED) is 0.761. The fraction of sp³-hybridized carbons (Fsp3) is 0.222.